The maximum absolute atomic E-state index is 12.9. The molecule has 7 heteroatoms. The number of benzene rings is 1. The SMILES string of the molecule is C[C@H](c1ccc(F)cc1)n1cc(Cl)cc(C(N)=O)c1=N.Cl. The molecule has 0 aliphatic carbocycles. The normalized spacial score (nSPS) is 11.6. The molecule has 0 aliphatic heterocycles. The number of hydrogen-bond donors (Lipinski definition) is 2. The molecule has 0 saturated carbocycles. The summed E-state index contributed by atoms with van der Waals surface area (Å²) >= 11 is 5.95. The zero-order valence-electron chi connectivity index (χ0n) is 11.1. The number of pyridine rings is 1. The van der Waals surface area contributed by atoms with Gasteiger partial charge in [-0.25, -0.2) is 4.39 Å². The average molecular weight is 330 g/mol. The Hall–Kier alpha value is -1.85. The lowest BCUT2D eigenvalue weighted by atomic mass is 10.1. The molecule has 1 aromatic heterocycles. The second kappa shape index (κ2) is 6.74. The Morgan fingerprint density at radius 3 is 2.48 bits per heavy atom. The molecule has 1 amide bonds. The van der Waals surface area contributed by atoms with Crippen LogP contribution in [0.25, 0.3) is 0 Å². The smallest absolute Gasteiger partial charge is 0.252 e. The number of nitrogens with two attached hydrogens (primary N) is 1. The Morgan fingerprint density at radius 1 is 1.38 bits per heavy atom. The molecule has 0 spiro atoms. The van der Waals surface area contributed by atoms with E-state index in [-0.39, 0.29) is 35.3 Å². The zero-order chi connectivity index (χ0) is 14.9. The van der Waals surface area contributed by atoms with Gasteiger partial charge in [0.25, 0.3) is 5.91 Å². The van der Waals surface area contributed by atoms with E-state index < -0.39 is 5.91 Å². The molecule has 21 heavy (non-hydrogen) atoms. The van der Waals surface area contributed by atoms with E-state index in [1.807, 2.05) is 6.92 Å². The molecule has 0 radical (unpaired) electrons. The third-order valence-electron chi connectivity index (χ3n) is 3.09. The third-order valence-corrected chi connectivity index (χ3v) is 3.30. The molecule has 1 aromatic carbocycles. The molecule has 3 N–H and O–H groups in total. The van der Waals surface area contributed by atoms with Crippen LogP contribution in [0.2, 0.25) is 5.02 Å². The fourth-order valence-electron chi connectivity index (χ4n) is 1.98. The zero-order valence-corrected chi connectivity index (χ0v) is 12.7. The molecule has 0 bridgehead atoms. The van der Waals surface area contributed by atoms with Crippen LogP contribution in [0.4, 0.5) is 4.39 Å². The van der Waals surface area contributed by atoms with Gasteiger partial charge in [0, 0.05) is 6.20 Å². The monoisotopic (exact) mass is 329 g/mol. The standard InChI is InChI=1S/C14H13ClFN3O.ClH/c1-8(9-2-4-11(16)5-3-9)19-7-10(15)6-12(13(19)17)14(18)20;/h2-8,17H,1H3,(H2,18,20);1H/t8-;/m1./s1. The summed E-state index contributed by atoms with van der Waals surface area (Å²) in [4.78, 5) is 11.3. The summed E-state index contributed by atoms with van der Waals surface area (Å²) in [5, 5.41) is 8.33. The van der Waals surface area contributed by atoms with E-state index >= 15 is 0 Å². The third kappa shape index (κ3) is 3.62. The molecule has 1 atom stereocenters. The predicted molar refractivity (Wildman–Crippen MR) is 81.3 cm³/mol. The first-order valence-corrected chi connectivity index (χ1v) is 6.29. The van der Waals surface area contributed by atoms with Crippen molar-refractivity contribution in [2.45, 2.75) is 13.0 Å². The summed E-state index contributed by atoms with van der Waals surface area (Å²) < 4.78 is 14.5. The maximum atomic E-state index is 12.9. The average Bonchev–Trinajstić information content (AvgIpc) is 2.41. The highest BCUT2D eigenvalue weighted by atomic mass is 35.5. The van der Waals surface area contributed by atoms with Gasteiger partial charge in [-0.15, -0.1) is 12.4 Å². The van der Waals surface area contributed by atoms with E-state index in [1.165, 1.54) is 22.8 Å². The number of carbonyl (C=O) groups is 1. The Balaban J connectivity index is 0.00000220. The number of carbonyl (C=O) groups excluding carboxylic acids is 1. The number of hydrogen-bond acceptors (Lipinski definition) is 2. The van der Waals surface area contributed by atoms with Gasteiger partial charge in [0.15, 0.2) is 0 Å². The number of halogens is 3. The highest BCUT2D eigenvalue weighted by Crippen LogP contribution is 2.19. The summed E-state index contributed by atoms with van der Waals surface area (Å²) in [7, 11) is 0. The van der Waals surface area contributed by atoms with Crippen LogP contribution in [0.5, 0.6) is 0 Å². The van der Waals surface area contributed by atoms with Gasteiger partial charge in [-0.2, -0.15) is 0 Å². The van der Waals surface area contributed by atoms with Crippen molar-refractivity contribution in [2.24, 2.45) is 5.73 Å². The summed E-state index contributed by atoms with van der Waals surface area (Å²) in [5.41, 5.74) is 6.04. The topological polar surface area (TPSA) is 71.9 Å². The molecule has 0 unspecified atom stereocenters. The van der Waals surface area contributed by atoms with E-state index in [1.54, 1.807) is 18.3 Å². The Bertz CT molecular complexity index is 713. The summed E-state index contributed by atoms with van der Waals surface area (Å²) in [6, 6.07) is 7.01. The van der Waals surface area contributed by atoms with Crippen molar-refractivity contribution in [3.05, 3.63) is 64.0 Å². The first-order chi connectivity index (χ1) is 9.40. The van der Waals surface area contributed by atoms with E-state index in [9.17, 15) is 9.18 Å². The van der Waals surface area contributed by atoms with Gasteiger partial charge in [-0.05, 0) is 30.7 Å². The van der Waals surface area contributed by atoms with Crippen LogP contribution in [0.3, 0.4) is 0 Å². The van der Waals surface area contributed by atoms with Gasteiger partial charge in [0.2, 0.25) is 0 Å². The first-order valence-electron chi connectivity index (χ1n) is 5.91. The quantitative estimate of drug-likeness (QED) is 0.892. The summed E-state index contributed by atoms with van der Waals surface area (Å²) in [5.74, 6) is -1.04. The fraction of sp³-hybridized carbons (Fsp3) is 0.143. The van der Waals surface area contributed by atoms with E-state index in [4.69, 9.17) is 22.7 Å². The molecule has 112 valence electrons. The van der Waals surface area contributed by atoms with Crippen LogP contribution < -0.4 is 11.2 Å². The van der Waals surface area contributed by atoms with Crippen LogP contribution in [0.1, 0.15) is 28.9 Å². The van der Waals surface area contributed by atoms with Crippen LogP contribution >= 0.6 is 24.0 Å². The van der Waals surface area contributed by atoms with Crippen molar-refractivity contribution < 1.29 is 9.18 Å². The van der Waals surface area contributed by atoms with E-state index in [0.717, 1.165) is 5.56 Å². The Kier molecular flexibility index (Phi) is 5.52. The van der Waals surface area contributed by atoms with Gasteiger partial charge in [0.1, 0.15) is 11.3 Å². The van der Waals surface area contributed by atoms with Gasteiger partial charge in [0.05, 0.1) is 16.6 Å². The van der Waals surface area contributed by atoms with Gasteiger partial charge in [-0.3, -0.25) is 10.2 Å². The molecule has 0 fully saturated rings. The van der Waals surface area contributed by atoms with E-state index in [0.29, 0.717) is 5.02 Å². The van der Waals surface area contributed by atoms with Crippen molar-refractivity contribution in [3.8, 4) is 0 Å². The second-order valence-corrected chi connectivity index (χ2v) is 4.86. The number of amides is 1. The van der Waals surface area contributed by atoms with Crippen molar-refractivity contribution in [3.63, 3.8) is 0 Å². The Morgan fingerprint density at radius 2 is 1.95 bits per heavy atom. The highest BCUT2D eigenvalue weighted by molar-refractivity contribution is 6.30. The molecular weight excluding hydrogens is 316 g/mol. The lowest BCUT2D eigenvalue weighted by Gasteiger charge is -2.18. The molecule has 4 nitrogen and oxygen atoms in total. The van der Waals surface area contributed by atoms with Crippen molar-refractivity contribution in [2.75, 3.05) is 0 Å². The number of nitrogens with one attached hydrogen (secondary N) is 1. The largest absolute Gasteiger partial charge is 0.365 e. The summed E-state index contributed by atoms with van der Waals surface area (Å²) in [6.45, 7) is 1.83. The fourth-order valence-corrected chi connectivity index (χ4v) is 2.19. The van der Waals surface area contributed by atoms with Gasteiger partial charge < -0.3 is 10.3 Å². The molecule has 0 aliphatic rings. The molecule has 1 heterocycles. The van der Waals surface area contributed by atoms with Crippen molar-refractivity contribution >= 4 is 29.9 Å². The minimum atomic E-state index is -0.711. The predicted octanol–water partition coefficient (Wildman–Crippen LogP) is 2.89. The maximum Gasteiger partial charge on any atom is 0.252 e. The summed E-state index contributed by atoms with van der Waals surface area (Å²) in [6.07, 6.45) is 1.55. The molecule has 0 saturated heterocycles. The van der Waals surface area contributed by atoms with Gasteiger partial charge in [-0.1, -0.05) is 23.7 Å². The first kappa shape index (κ1) is 17.2. The van der Waals surface area contributed by atoms with Crippen molar-refractivity contribution in [1.29, 1.82) is 5.41 Å². The number of primary amides is 1. The van der Waals surface area contributed by atoms with E-state index in [2.05, 4.69) is 0 Å². The van der Waals surface area contributed by atoms with Crippen LogP contribution in [0.15, 0.2) is 36.5 Å². The minimum Gasteiger partial charge on any atom is -0.365 e. The Labute approximate surface area is 132 Å². The van der Waals surface area contributed by atoms with Crippen LogP contribution in [-0.4, -0.2) is 10.5 Å². The molecule has 2 aromatic rings. The number of rotatable bonds is 3. The lowest BCUT2D eigenvalue weighted by Crippen LogP contribution is -2.31. The number of aromatic nitrogens is 1. The van der Waals surface area contributed by atoms with Crippen LogP contribution in [0, 0.1) is 11.2 Å². The van der Waals surface area contributed by atoms with Gasteiger partial charge >= 0.3 is 0 Å². The molecular formula is C14H14Cl2FN3O. The highest BCUT2D eigenvalue weighted by Gasteiger charge is 2.13. The van der Waals surface area contributed by atoms with Crippen molar-refractivity contribution in [1.82, 2.24) is 4.57 Å². The lowest BCUT2D eigenvalue weighted by molar-refractivity contribution is 0.0997. The second-order valence-electron chi connectivity index (χ2n) is 4.42. The minimum absolute atomic E-state index is 0. The number of nitrogens with zero attached hydrogens (tertiary/aromatic N) is 1. The van der Waals surface area contributed by atoms with Crippen LogP contribution in [-0.2, 0) is 0 Å². The molecule has 2 rings (SSSR count).